The van der Waals surface area contributed by atoms with E-state index in [1.807, 2.05) is 25.1 Å². The van der Waals surface area contributed by atoms with Gasteiger partial charge in [0.05, 0.1) is 0 Å². The van der Waals surface area contributed by atoms with Crippen molar-refractivity contribution in [2.45, 2.75) is 19.4 Å². The molecule has 0 fully saturated rings. The minimum Gasteiger partial charge on any atom is -0.324 e. The number of benzene rings is 2. The van der Waals surface area contributed by atoms with Crippen molar-refractivity contribution < 1.29 is 8.78 Å². The van der Waals surface area contributed by atoms with Gasteiger partial charge < -0.3 is 5.73 Å². The second-order valence-electron chi connectivity index (χ2n) is 4.51. The first kappa shape index (κ1) is 14.2. The first-order valence-electron chi connectivity index (χ1n) is 5.93. The zero-order valence-electron chi connectivity index (χ0n) is 10.5. The molecule has 0 aliphatic heterocycles. The third kappa shape index (κ3) is 3.19. The number of nitrogens with two attached hydrogens (primary N) is 1. The van der Waals surface area contributed by atoms with Crippen molar-refractivity contribution in [2.75, 3.05) is 0 Å². The van der Waals surface area contributed by atoms with Crippen molar-refractivity contribution in [1.29, 1.82) is 0 Å². The van der Waals surface area contributed by atoms with Crippen LogP contribution in [0.3, 0.4) is 0 Å². The molecule has 2 rings (SSSR count). The van der Waals surface area contributed by atoms with Gasteiger partial charge in [0, 0.05) is 16.1 Å². The van der Waals surface area contributed by atoms with Gasteiger partial charge in [-0.15, -0.1) is 0 Å². The first-order chi connectivity index (χ1) is 8.99. The van der Waals surface area contributed by atoms with E-state index in [4.69, 9.17) is 5.73 Å². The summed E-state index contributed by atoms with van der Waals surface area (Å²) < 4.78 is 28.1. The van der Waals surface area contributed by atoms with Crippen molar-refractivity contribution in [2.24, 2.45) is 5.73 Å². The molecule has 0 aliphatic carbocycles. The van der Waals surface area contributed by atoms with Crippen LogP contribution in [0.2, 0.25) is 0 Å². The molecule has 0 saturated carbocycles. The third-order valence-corrected chi connectivity index (χ3v) is 3.62. The number of rotatable bonds is 3. The molecule has 100 valence electrons. The van der Waals surface area contributed by atoms with Crippen LogP contribution in [-0.2, 0) is 6.42 Å². The zero-order valence-corrected chi connectivity index (χ0v) is 12.0. The maximum Gasteiger partial charge on any atom is 0.129 e. The Labute approximate surface area is 119 Å². The summed E-state index contributed by atoms with van der Waals surface area (Å²) in [6.45, 7) is 1.93. The number of hydrogen-bond donors (Lipinski definition) is 1. The molecule has 2 aromatic carbocycles. The Morgan fingerprint density at radius 1 is 1.16 bits per heavy atom. The van der Waals surface area contributed by atoms with E-state index >= 15 is 0 Å². The van der Waals surface area contributed by atoms with Crippen molar-refractivity contribution >= 4 is 15.9 Å². The van der Waals surface area contributed by atoms with Gasteiger partial charge >= 0.3 is 0 Å². The van der Waals surface area contributed by atoms with Gasteiger partial charge in [-0.25, -0.2) is 8.78 Å². The van der Waals surface area contributed by atoms with Gasteiger partial charge in [-0.2, -0.15) is 0 Å². The largest absolute Gasteiger partial charge is 0.324 e. The minimum absolute atomic E-state index is 0.0365. The Hall–Kier alpha value is -1.26. The lowest BCUT2D eigenvalue weighted by Gasteiger charge is -2.16. The summed E-state index contributed by atoms with van der Waals surface area (Å²) in [6.07, 6.45) is 0.135. The SMILES string of the molecule is Cc1ccc(Br)cc1C(N)Cc1c(F)cccc1F. The van der Waals surface area contributed by atoms with E-state index < -0.39 is 17.7 Å². The highest BCUT2D eigenvalue weighted by molar-refractivity contribution is 9.10. The smallest absolute Gasteiger partial charge is 0.129 e. The molecular weight excluding hydrogens is 312 g/mol. The summed E-state index contributed by atoms with van der Waals surface area (Å²) in [6, 6.07) is 9.14. The molecule has 0 aromatic heterocycles. The Morgan fingerprint density at radius 3 is 2.42 bits per heavy atom. The van der Waals surface area contributed by atoms with E-state index in [0.717, 1.165) is 15.6 Å². The summed E-state index contributed by atoms with van der Waals surface area (Å²) in [5, 5.41) is 0. The second-order valence-corrected chi connectivity index (χ2v) is 5.43. The lowest BCUT2D eigenvalue weighted by Crippen LogP contribution is -2.16. The molecule has 0 heterocycles. The molecule has 0 amide bonds. The highest BCUT2D eigenvalue weighted by Gasteiger charge is 2.15. The second kappa shape index (κ2) is 5.80. The van der Waals surface area contributed by atoms with E-state index in [-0.39, 0.29) is 12.0 Å². The molecular formula is C15H14BrF2N. The predicted molar refractivity (Wildman–Crippen MR) is 75.9 cm³/mol. The van der Waals surface area contributed by atoms with Crippen LogP contribution in [0.5, 0.6) is 0 Å². The van der Waals surface area contributed by atoms with Gasteiger partial charge in [0.2, 0.25) is 0 Å². The predicted octanol–water partition coefficient (Wildman–Crippen LogP) is 4.28. The van der Waals surface area contributed by atoms with Crippen molar-refractivity contribution in [3.63, 3.8) is 0 Å². The Morgan fingerprint density at radius 2 is 1.79 bits per heavy atom. The normalized spacial score (nSPS) is 12.5. The van der Waals surface area contributed by atoms with Crippen molar-refractivity contribution in [3.05, 3.63) is 69.2 Å². The summed E-state index contributed by atoms with van der Waals surface area (Å²) in [4.78, 5) is 0. The average molecular weight is 326 g/mol. The summed E-state index contributed by atoms with van der Waals surface area (Å²) in [5.74, 6) is -1.11. The van der Waals surface area contributed by atoms with Gasteiger partial charge in [0.15, 0.2) is 0 Å². The quantitative estimate of drug-likeness (QED) is 0.895. The number of aryl methyl sites for hydroxylation is 1. The maximum atomic E-state index is 13.6. The van der Waals surface area contributed by atoms with Crippen LogP contribution >= 0.6 is 15.9 Å². The lowest BCUT2D eigenvalue weighted by atomic mass is 9.96. The number of halogens is 3. The summed E-state index contributed by atoms with van der Waals surface area (Å²) >= 11 is 3.38. The van der Waals surface area contributed by atoms with Gasteiger partial charge in [0.1, 0.15) is 11.6 Å². The maximum absolute atomic E-state index is 13.6. The van der Waals surface area contributed by atoms with Crippen LogP contribution in [-0.4, -0.2) is 0 Å². The molecule has 0 saturated heterocycles. The van der Waals surface area contributed by atoms with Crippen LogP contribution in [0.25, 0.3) is 0 Å². The molecule has 0 bridgehead atoms. The van der Waals surface area contributed by atoms with E-state index in [1.165, 1.54) is 18.2 Å². The fourth-order valence-corrected chi connectivity index (χ4v) is 2.45. The van der Waals surface area contributed by atoms with E-state index in [1.54, 1.807) is 0 Å². The van der Waals surface area contributed by atoms with Crippen LogP contribution in [0.1, 0.15) is 22.7 Å². The minimum atomic E-state index is -0.553. The summed E-state index contributed by atoms with van der Waals surface area (Å²) in [5.41, 5.74) is 8.01. The van der Waals surface area contributed by atoms with Gasteiger partial charge in [0.25, 0.3) is 0 Å². The zero-order chi connectivity index (χ0) is 14.0. The average Bonchev–Trinajstić information content (AvgIpc) is 2.37. The molecule has 0 aliphatic rings. The monoisotopic (exact) mass is 325 g/mol. The molecule has 1 atom stereocenters. The van der Waals surface area contributed by atoms with Crippen LogP contribution in [0.4, 0.5) is 8.78 Å². The van der Waals surface area contributed by atoms with Crippen LogP contribution < -0.4 is 5.73 Å². The fourth-order valence-electron chi connectivity index (χ4n) is 2.07. The highest BCUT2D eigenvalue weighted by atomic mass is 79.9. The Bertz CT molecular complexity index is 578. The molecule has 1 nitrogen and oxygen atoms in total. The molecule has 4 heteroatoms. The number of hydrogen-bond acceptors (Lipinski definition) is 1. The molecule has 1 unspecified atom stereocenters. The molecule has 0 radical (unpaired) electrons. The van der Waals surface area contributed by atoms with Crippen LogP contribution in [0, 0.1) is 18.6 Å². The van der Waals surface area contributed by atoms with Gasteiger partial charge in [-0.1, -0.05) is 28.1 Å². The Kier molecular flexibility index (Phi) is 4.32. The molecule has 19 heavy (non-hydrogen) atoms. The standard InChI is InChI=1S/C15H14BrF2N/c1-9-5-6-10(16)7-11(9)15(19)8-12-13(17)3-2-4-14(12)18/h2-7,15H,8,19H2,1H3. The Balaban J connectivity index is 2.31. The fraction of sp³-hybridized carbons (Fsp3) is 0.200. The van der Waals surface area contributed by atoms with Crippen molar-refractivity contribution in [3.8, 4) is 0 Å². The third-order valence-electron chi connectivity index (χ3n) is 3.13. The van der Waals surface area contributed by atoms with Gasteiger partial charge in [-0.3, -0.25) is 0 Å². The lowest BCUT2D eigenvalue weighted by molar-refractivity contribution is 0.539. The van der Waals surface area contributed by atoms with E-state index in [2.05, 4.69) is 15.9 Å². The topological polar surface area (TPSA) is 26.0 Å². The highest BCUT2D eigenvalue weighted by Crippen LogP contribution is 2.25. The summed E-state index contributed by atoms with van der Waals surface area (Å²) in [7, 11) is 0. The molecule has 2 aromatic rings. The van der Waals surface area contributed by atoms with E-state index in [0.29, 0.717) is 0 Å². The van der Waals surface area contributed by atoms with Gasteiger partial charge in [-0.05, 0) is 48.7 Å². The van der Waals surface area contributed by atoms with E-state index in [9.17, 15) is 8.78 Å². The molecule has 0 spiro atoms. The first-order valence-corrected chi connectivity index (χ1v) is 6.73. The van der Waals surface area contributed by atoms with Crippen molar-refractivity contribution in [1.82, 2.24) is 0 Å². The van der Waals surface area contributed by atoms with Crippen LogP contribution in [0.15, 0.2) is 40.9 Å². The molecule has 2 N–H and O–H groups in total.